The quantitative estimate of drug-likeness (QED) is 0.280. The summed E-state index contributed by atoms with van der Waals surface area (Å²) in [4.78, 5) is 62.8. The molecule has 3 amide bonds. The van der Waals surface area contributed by atoms with E-state index in [2.05, 4.69) is 10.0 Å². The summed E-state index contributed by atoms with van der Waals surface area (Å²) in [5.74, 6) is -1.83. The molecule has 1 aromatic carbocycles. The zero-order valence-electron chi connectivity index (χ0n) is 32.6. The molecule has 1 spiro atoms. The molecule has 1 aromatic heterocycles. The van der Waals surface area contributed by atoms with Gasteiger partial charge in [-0.05, 0) is 89.3 Å². The first-order valence-electron chi connectivity index (χ1n) is 19.8. The Labute approximate surface area is 323 Å². The number of hydrogen-bond acceptors (Lipinski definition) is 10. The zero-order valence-corrected chi connectivity index (χ0v) is 33.4. The van der Waals surface area contributed by atoms with Crippen LogP contribution in [0.15, 0.2) is 30.4 Å². The summed E-state index contributed by atoms with van der Waals surface area (Å²) in [6.45, 7) is 7.71. The van der Waals surface area contributed by atoms with Gasteiger partial charge in [0.15, 0.2) is 0 Å². The summed E-state index contributed by atoms with van der Waals surface area (Å²) in [5, 5.41) is 3.88. The Morgan fingerprint density at radius 2 is 1.91 bits per heavy atom. The number of sulfonamides is 1. The lowest BCUT2D eigenvalue weighted by atomic mass is 9.87. The maximum absolute atomic E-state index is 14.8. The van der Waals surface area contributed by atoms with Gasteiger partial charge in [0.05, 0.1) is 42.6 Å². The molecule has 2 N–H and O–H groups in total. The number of rotatable bonds is 8. The summed E-state index contributed by atoms with van der Waals surface area (Å²) in [6, 6.07) is 4.67. The first-order chi connectivity index (χ1) is 26.1. The fourth-order valence-electron chi connectivity index (χ4n) is 8.45. The van der Waals surface area contributed by atoms with Crippen molar-refractivity contribution in [2.75, 3.05) is 20.3 Å². The van der Waals surface area contributed by atoms with Crippen LogP contribution in [0, 0.1) is 24.7 Å². The fraction of sp³-hybridized carbons (Fsp3) is 0.634. The Morgan fingerprint density at radius 1 is 1.13 bits per heavy atom. The number of nitrogens with zero attached hydrogens (tertiary/aromatic N) is 2. The number of nitrogens with one attached hydrogen (secondary N) is 2. The zero-order chi connectivity index (χ0) is 39.3. The average molecular weight is 779 g/mol. The molecular weight excluding hydrogens is 725 g/mol. The minimum absolute atomic E-state index is 0.0890. The van der Waals surface area contributed by atoms with Crippen molar-refractivity contribution in [3.8, 4) is 11.5 Å². The fourth-order valence-corrected chi connectivity index (χ4v) is 9.76. The molecule has 5 aliphatic rings. The van der Waals surface area contributed by atoms with Crippen LogP contribution in [0.1, 0.15) is 103 Å². The molecule has 298 valence electrons. The van der Waals surface area contributed by atoms with Gasteiger partial charge in [0.2, 0.25) is 21.8 Å². The van der Waals surface area contributed by atoms with Crippen molar-refractivity contribution >= 4 is 44.6 Å². The number of carbonyl (C=O) groups excluding carboxylic acids is 4. The van der Waals surface area contributed by atoms with Crippen LogP contribution in [0.4, 0.5) is 0 Å². The Hall–Kier alpha value is -4.20. The lowest BCUT2D eigenvalue weighted by Crippen LogP contribution is -2.57. The molecule has 5 atom stereocenters. The number of hydrogen-bond donors (Lipinski definition) is 2. The molecule has 3 aliphatic heterocycles. The number of fused-ring (bicyclic) bond motifs is 5. The number of aryl methyl sites for hydroxylation is 2. The van der Waals surface area contributed by atoms with E-state index < -0.39 is 61.6 Å². The van der Waals surface area contributed by atoms with E-state index in [0.717, 1.165) is 35.7 Å². The van der Waals surface area contributed by atoms with E-state index in [1.54, 1.807) is 14.0 Å². The molecule has 0 bridgehead atoms. The SMILES string of the molecule is COc1ccc2nc(C)c3c(c2c1)CC[C@]1(C[C@H]2C(=O)N[C@]4(C(=O)NS(=O)(=O)C5(C)CC5)C[C@H]4/C=C\CCCCC[C@H](CC(=O)OCC(C)C)C(=O)N2C1)O3. The van der Waals surface area contributed by atoms with E-state index in [1.165, 1.54) is 4.90 Å². The third-order valence-electron chi connectivity index (χ3n) is 12.3. The third-order valence-corrected chi connectivity index (χ3v) is 14.4. The van der Waals surface area contributed by atoms with Crippen molar-refractivity contribution in [1.29, 1.82) is 0 Å². The number of methoxy groups -OCH3 is 1. The number of carbonyl (C=O) groups is 4. The van der Waals surface area contributed by atoms with Gasteiger partial charge in [0, 0.05) is 29.2 Å². The number of amides is 3. The summed E-state index contributed by atoms with van der Waals surface area (Å²) < 4.78 is 45.6. The number of pyridine rings is 1. The van der Waals surface area contributed by atoms with Gasteiger partial charge in [0.1, 0.15) is 28.7 Å². The lowest BCUT2D eigenvalue weighted by molar-refractivity contribution is -0.151. The second-order valence-electron chi connectivity index (χ2n) is 17.1. The number of allylic oxidation sites excluding steroid dienone is 1. The molecule has 2 saturated carbocycles. The Bertz CT molecular complexity index is 2030. The summed E-state index contributed by atoms with van der Waals surface area (Å²) in [7, 11) is -2.37. The van der Waals surface area contributed by atoms with Gasteiger partial charge >= 0.3 is 5.97 Å². The lowest BCUT2D eigenvalue weighted by Gasteiger charge is -2.36. The smallest absolute Gasteiger partial charge is 0.306 e. The highest BCUT2D eigenvalue weighted by Crippen LogP contribution is 2.49. The second kappa shape index (κ2) is 14.7. The van der Waals surface area contributed by atoms with E-state index in [0.29, 0.717) is 55.7 Å². The molecule has 0 radical (unpaired) electrons. The predicted octanol–water partition coefficient (Wildman–Crippen LogP) is 4.82. The van der Waals surface area contributed by atoms with Crippen LogP contribution >= 0.6 is 0 Å². The molecule has 7 rings (SSSR count). The number of aromatic nitrogens is 1. The van der Waals surface area contributed by atoms with Crippen LogP contribution in [0.25, 0.3) is 10.9 Å². The van der Waals surface area contributed by atoms with Crippen LogP contribution in [-0.2, 0) is 40.4 Å². The van der Waals surface area contributed by atoms with E-state index in [-0.39, 0.29) is 44.2 Å². The summed E-state index contributed by atoms with van der Waals surface area (Å²) in [5.41, 5.74) is 0.0276. The third kappa shape index (κ3) is 7.67. The molecular formula is C41H54N4O9S. The first-order valence-corrected chi connectivity index (χ1v) is 21.3. The van der Waals surface area contributed by atoms with Crippen LogP contribution < -0.4 is 19.5 Å². The Kier molecular flexibility index (Phi) is 10.4. The van der Waals surface area contributed by atoms with Gasteiger partial charge in [-0.3, -0.25) is 23.9 Å². The minimum Gasteiger partial charge on any atom is -0.497 e. The second-order valence-corrected chi connectivity index (χ2v) is 19.3. The van der Waals surface area contributed by atoms with Crippen molar-refractivity contribution in [2.45, 2.75) is 127 Å². The molecule has 14 heteroatoms. The number of ether oxygens (including phenoxy) is 3. The van der Waals surface area contributed by atoms with E-state index in [9.17, 15) is 27.6 Å². The van der Waals surface area contributed by atoms with Crippen LogP contribution in [0.3, 0.4) is 0 Å². The highest BCUT2D eigenvalue weighted by atomic mass is 32.2. The maximum Gasteiger partial charge on any atom is 0.306 e. The highest BCUT2D eigenvalue weighted by molar-refractivity contribution is 7.91. The molecule has 2 aromatic rings. The largest absolute Gasteiger partial charge is 0.497 e. The van der Waals surface area contributed by atoms with Crippen molar-refractivity contribution in [3.05, 3.63) is 41.6 Å². The van der Waals surface area contributed by atoms with Gasteiger partial charge in [-0.2, -0.15) is 0 Å². The van der Waals surface area contributed by atoms with Gasteiger partial charge in [-0.15, -0.1) is 0 Å². The molecule has 2 aliphatic carbocycles. The van der Waals surface area contributed by atoms with Crippen LogP contribution in [0.2, 0.25) is 0 Å². The normalized spacial score (nSPS) is 29.5. The topological polar surface area (TPSA) is 170 Å². The number of benzene rings is 1. The summed E-state index contributed by atoms with van der Waals surface area (Å²) in [6.07, 6.45) is 9.65. The van der Waals surface area contributed by atoms with Gasteiger partial charge in [0.25, 0.3) is 5.91 Å². The van der Waals surface area contributed by atoms with E-state index in [1.807, 2.05) is 51.1 Å². The first kappa shape index (κ1) is 39.1. The van der Waals surface area contributed by atoms with Gasteiger partial charge in [-0.25, -0.2) is 13.4 Å². The average Bonchev–Trinajstić information content (AvgIpc) is 4.04. The van der Waals surface area contributed by atoms with Crippen LogP contribution in [-0.4, -0.2) is 84.2 Å². The van der Waals surface area contributed by atoms with Crippen molar-refractivity contribution < 1.29 is 41.8 Å². The van der Waals surface area contributed by atoms with Crippen molar-refractivity contribution in [3.63, 3.8) is 0 Å². The van der Waals surface area contributed by atoms with Crippen LogP contribution in [0.5, 0.6) is 11.5 Å². The van der Waals surface area contributed by atoms with Crippen molar-refractivity contribution in [1.82, 2.24) is 19.9 Å². The molecule has 0 unspecified atom stereocenters. The summed E-state index contributed by atoms with van der Waals surface area (Å²) >= 11 is 0. The maximum atomic E-state index is 14.8. The standard InChI is InChI=1S/C41H54N4O9S/c1-25(2)23-53-34(46)19-27-11-9-7-6-8-10-12-28-21-41(28,38(49)44-55(50,51)39(4)17-18-39)43-36(47)33-22-40(24-45(33)37(27)48)16-15-30-31-20-29(52-5)13-14-32(31)42-26(3)35(30)54-40/h10,12-14,20,25,27-28,33H,6-9,11,15-19,21-24H2,1-5H3,(H,43,47)(H,44,49)/b12-10-/t27-,28-,33+,40-,41-/m1/s1. The highest BCUT2D eigenvalue weighted by Gasteiger charge is 2.64. The molecule has 3 fully saturated rings. The molecule has 55 heavy (non-hydrogen) atoms. The minimum atomic E-state index is -3.98. The Morgan fingerprint density at radius 3 is 2.64 bits per heavy atom. The van der Waals surface area contributed by atoms with E-state index in [4.69, 9.17) is 19.2 Å². The van der Waals surface area contributed by atoms with Gasteiger partial charge < -0.3 is 24.4 Å². The monoisotopic (exact) mass is 778 g/mol. The van der Waals surface area contributed by atoms with Crippen molar-refractivity contribution in [2.24, 2.45) is 17.8 Å². The molecule has 13 nitrogen and oxygen atoms in total. The Balaban J connectivity index is 1.23. The number of esters is 1. The molecule has 4 heterocycles. The predicted molar refractivity (Wildman–Crippen MR) is 205 cm³/mol. The van der Waals surface area contributed by atoms with E-state index >= 15 is 0 Å². The molecule has 1 saturated heterocycles. The van der Waals surface area contributed by atoms with Gasteiger partial charge in [-0.1, -0.05) is 38.8 Å².